The number of nitrogens with two attached hydrogens (primary N) is 2. The van der Waals surface area contributed by atoms with Crippen molar-refractivity contribution in [3.05, 3.63) is 0 Å². The van der Waals surface area contributed by atoms with Crippen LogP contribution in [-0.2, 0) is 33.6 Å². The Morgan fingerprint density at radius 3 is 2.23 bits per heavy atom. The van der Waals surface area contributed by atoms with Crippen LogP contribution < -0.4 is 32.7 Å². The van der Waals surface area contributed by atoms with Gasteiger partial charge in [0.05, 0.1) is 13.0 Å². The predicted molar refractivity (Wildman–Crippen MR) is 121 cm³/mol. The minimum absolute atomic E-state index is 0.0996. The second kappa shape index (κ2) is 12.1. The first kappa shape index (κ1) is 27.5. The van der Waals surface area contributed by atoms with Crippen molar-refractivity contribution < 1.29 is 33.6 Å². The van der Waals surface area contributed by atoms with Crippen LogP contribution in [0.3, 0.4) is 0 Å². The van der Waals surface area contributed by atoms with E-state index in [4.69, 9.17) is 11.5 Å². The van der Waals surface area contributed by atoms with Crippen molar-refractivity contribution in [3.8, 4) is 0 Å². The number of rotatable bonds is 6. The van der Waals surface area contributed by atoms with E-state index < -0.39 is 84.4 Å². The maximum Gasteiger partial charge on any atom is 0.245 e. The molecule has 0 bridgehead atoms. The summed E-state index contributed by atoms with van der Waals surface area (Å²) in [7, 11) is 0. The Labute approximate surface area is 202 Å². The second-order valence-electron chi connectivity index (χ2n) is 8.99. The molecule has 14 heteroatoms. The molecule has 2 saturated heterocycles. The Morgan fingerprint density at radius 2 is 1.63 bits per heavy atom. The number of fused-ring (bicyclic) bond motifs is 1. The Balaban J connectivity index is 2.40. The van der Waals surface area contributed by atoms with E-state index in [1.165, 1.54) is 4.90 Å². The molecular weight excluding hydrogens is 462 g/mol. The van der Waals surface area contributed by atoms with Gasteiger partial charge in [-0.05, 0) is 25.2 Å². The molecule has 2 aliphatic rings. The van der Waals surface area contributed by atoms with Gasteiger partial charge in [-0.25, -0.2) is 0 Å². The summed E-state index contributed by atoms with van der Waals surface area (Å²) in [5, 5.41) is 9.82. The van der Waals surface area contributed by atoms with Gasteiger partial charge in [0, 0.05) is 13.0 Å². The number of hydrogen-bond acceptors (Lipinski definition) is 7. The lowest BCUT2D eigenvalue weighted by Gasteiger charge is -2.30. The molecule has 0 aromatic rings. The molecule has 7 amide bonds. The van der Waals surface area contributed by atoms with Gasteiger partial charge in [-0.15, -0.1) is 0 Å². The van der Waals surface area contributed by atoms with E-state index in [-0.39, 0.29) is 19.4 Å². The van der Waals surface area contributed by atoms with Crippen molar-refractivity contribution in [1.82, 2.24) is 26.2 Å². The van der Waals surface area contributed by atoms with Gasteiger partial charge in [0.1, 0.15) is 24.2 Å². The van der Waals surface area contributed by atoms with Gasteiger partial charge in [-0.1, -0.05) is 13.8 Å². The number of primary amides is 2. The second-order valence-corrected chi connectivity index (χ2v) is 8.99. The molecule has 0 aromatic heterocycles. The van der Waals surface area contributed by atoms with Crippen LogP contribution in [0.25, 0.3) is 0 Å². The van der Waals surface area contributed by atoms with Gasteiger partial charge in [-0.2, -0.15) is 0 Å². The van der Waals surface area contributed by atoms with Gasteiger partial charge in [0.2, 0.25) is 41.4 Å². The highest BCUT2D eigenvalue weighted by Gasteiger charge is 2.40. The molecule has 2 rings (SSSR count). The Kier molecular flexibility index (Phi) is 9.54. The summed E-state index contributed by atoms with van der Waals surface area (Å²) in [5.74, 6) is -5.40. The average molecular weight is 496 g/mol. The van der Waals surface area contributed by atoms with E-state index in [2.05, 4.69) is 21.3 Å². The fraction of sp³-hybridized carbons (Fsp3) is 0.667. The van der Waals surface area contributed by atoms with Crippen molar-refractivity contribution in [2.75, 3.05) is 13.1 Å². The summed E-state index contributed by atoms with van der Waals surface area (Å²) in [4.78, 5) is 88.4. The van der Waals surface area contributed by atoms with Gasteiger partial charge in [0.25, 0.3) is 0 Å². The SMILES string of the molecule is CC(C)[C@@H]1NC(=O)[C@@H]2CCCN2C(=O)[C@H](CCC(N)=O)NC(=O)CNC(=O)[C@H](CC(N)=O)NC1=O. The highest BCUT2D eigenvalue weighted by atomic mass is 16.2. The van der Waals surface area contributed by atoms with Crippen LogP contribution in [0.2, 0.25) is 0 Å². The molecule has 0 aromatic carbocycles. The Bertz CT molecular complexity index is 891. The van der Waals surface area contributed by atoms with Crippen molar-refractivity contribution >= 4 is 41.4 Å². The molecule has 14 nitrogen and oxygen atoms in total. The van der Waals surface area contributed by atoms with E-state index in [0.717, 1.165) is 0 Å². The molecule has 35 heavy (non-hydrogen) atoms. The van der Waals surface area contributed by atoms with Crippen molar-refractivity contribution in [1.29, 1.82) is 0 Å². The van der Waals surface area contributed by atoms with Crippen molar-refractivity contribution in [2.45, 2.75) is 70.1 Å². The molecule has 2 fully saturated rings. The van der Waals surface area contributed by atoms with Crippen molar-refractivity contribution in [3.63, 3.8) is 0 Å². The summed E-state index contributed by atoms with van der Waals surface area (Å²) < 4.78 is 0. The molecule has 8 N–H and O–H groups in total. The third-order valence-electron chi connectivity index (χ3n) is 5.86. The van der Waals surface area contributed by atoms with Crippen LogP contribution in [-0.4, -0.2) is 83.5 Å². The first-order chi connectivity index (χ1) is 16.4. The quantitative estimate of drug-likeness (QED) is 0.216. The monoisotopic (exact) mass is 495 g/mol. The Morgan fingerprint density at radius 1 is 0.943 bits per heavy atom. The molecule has 0 aliphatic carbocycles. The summed E-state index contributed by atoms with van der Waals surface area (Å²) >= 11 is 0. The zero-order valence-electron chi connectivity index (χ0n) is 19.8. The molecule has 0 radical (unpaired) electrons. The number of carbonyl (C=O) groups excluding carboxylic acids is 7. The first-order valence-electron chi connectivity index (χ1n) is 11.5. The fourth-order valence-corrected chi connectivity index (χ4v) is 4.04. The minimum Gasteiger partial charge on any atom is -0.370 e. The highest BCUT2D eigenvalue weighted by molar-refractivity contribution is 5.98. The molecule has 194 valence electrons. The normalized spacial score (nSPS) is 26.6. The molecule has 0 unspecified atom stereocenters. The summed E-state index contributed by atoms with van der Waals surface area (Å²) in [6, 6.07) is -4.51. The molecule has 0 spiro atoms. The maximum absolute atomic E-state index is 13.2. The van der Waals surface area contributed by atoms with E-state index in [9.17, 15) is 33.6 Å². The third-order valence-corrected chi connectivity index (χ3v) is 5.86. The first-order valence-corrected chi connectivity index (χ1v) is 11.5. The standard InChI is InChI=1S/C21H33N7O7/c1-10(2)17-20(34)26-12(8-15(23)30)18(32)24-9-16(31)25-11(5-6-14(22)29)21(35)28-7-3-4-13(28)19(33)27-17/h10-13,17H,3-9H2,1-2H3,(H2,22,29)(H2,23,30)(H,24,32)(H,25,31)(H,26,34)(H,27,33)/t11-,12-,13-,17-/m0/s1. The van der Waals surface area contributed by atoms with E-state index in [1.54, 1.807) is 13.8 Å². The predicted octanol–water partition coefficient (Wildman–Crippen LogP) is -3.64. The zero-order chi connectivity index (χ0) is 26.3. The van der Waals surface area contributed by atoms with Crippen LogP contribution in [0.15, 0.2) is 0 Å². The molecule has 2 heterocycles. The molecule has 2 aliphatic heterocycles. The lowest BCUT2D eigenvalue weighted by atomic mass is 10.0. The number of nitrogens with zero attached hydrogens (tertiary/aromatic N) is 1. The largest absolute Gasteiger partial charge is 0.370 e. The van der Waals surface area contributed by atoms with Gasteiger partial charge < -0.3 is 37.6 Å². The number of hydrogen-bond donors (Lipinski definition) is 6. The van der Waals surface area contributed by atoms with E-state index in [1.807, 2.05) is 0 Å². The van der Waals surface area contributed by atoms with Crippen LogP contribution >= 0.6 is 0 Å². The van der Waals surface area contributed by atoms with E-state index in [0.29, 0.717) is 12.8 Å². The van der Waals surface area contributed by atoms with E-state index >= 15 is 0 Å². The molecule has 4 atom stereocenters. The van der Waals surface area contributed by atoms with Crippen molar-refractivity contribution in [2.24, 2.45) is 17.4 Å². The smallest absolute Gasteiger partial charge is 0.245 e. The minimum atomic E-state index is -1.38. The van der Waals surface area contributed by atoms with Crippen LogP contribution in [0.4, 0.5) is 0 Å². The number of nitrogens with one attached hydrogen (secondary N) is 4. The zero-order valence-corrected chi connectivity index (χ0v) is 19.8. The summed E-state index contributed by atoms with van der Waals surface area (Å²) in [6.45, 7) is 3.04. The van der Waals surface area contributed by atoms with Gasteiger partial charge >= 0.3 is 0 Å². The number of carbonyl (C=O) groups is 7. The lowest BCUT2D eigenvalue weighted by Crippen LogP contribution is -2.58. The van der Waals surface area contributed by atoms with Crippen LogP contribution in [0.1, 0.15) is 46.0 Å². The highest BCUT2D eigenvalue weighted by Crippen LogP contribution is 2.20. The summed E-state index contributed by atoms with van der Waals surface area (Å²) in [5.41, 5.74) is 10.4. The third kappa shape index (κ3) is 7.65. The number of amides is 7. The fourth-order valence-electron chi connectivity index (χ4n) is 4.04. The Hall–Kier alpha value is -3.71. The average Bonchev–Trinajstić information content (AvgIpc) is 3.26. The maximum atomic E-state index is 13.2. The lowest BCUT2D eigenvalue weighted by molar-refractivity contribution is -0.142. The topological polar surface area (TPSA) is 223 Å². The molecule has 0 saturated carbocycles. The summed E-state index contributed by atoms with van der Waals surface area (Å²) in [6.07, 6.45) is 0.0362. The van der Waals surface area contributed by atoms with Crippen LogP contribution in [0.5, 0.6) is 0 Å². The van der Waals surface area contributed by atoms with Gasteiger partial charge in [0.15, 0.2) is 0 Å². The van der Waals surface area contributed by atoms with Gasteiger partial charge in [-0.3, -0.25) is 33.6 Å². The van der Waals surface area contributed by atoms with Crippen LogP contribution in [0, 0.1) is 5.92 Å². The molecular formula is C21H33N7O7.